The van der Waals surface area contributed by atoms with Crippen molar-refractivity contribution in [3.05, 3.63) is 40.2 Å². The normalized spacial score (nSPS) is 15.5. The number of nitrogens with zero attached hydrogens (tertiary/aromatic N) is 3. The van der Waals surface area contributed by atoms with Gasteiger partial charge in [-0.3, -0.25) is 9.59 Å². The predicted molar refractivity (Wildman–Crippen MR) is 119 cm³/mol. The number of ether oxygens (including phenoxy) is 1. The molecule has 0 spiro atoms. The highest BCUT2D eigenvalue weighted by atomic mass is 32.2. The van der Waals surface area contributed by atoms with Crippen LogP contribution in [0.15, 0.2) is 34.1 Å². The molecule has 1 aliphatic heterocycles. The van der Waals surface area contributed by atoms with Crippen LogP contribution in [0, 0.1) is 0 Å². The molecule has 1 fully saturated rings. The summed E-state index contributed by atoms with van der Waals surface area (Å²) < 4.78 is 34.2. The zero-order chi connectivity index (χ0) is 22.6. The number of likely N-dealkylation sites (N-methyl/N-ethyl adjacent to an activating group) is 1. The van der Waals surface area contributed by atoms with Gasteiger partial charge in [0, 0.05) is 44.8 Å². The number of nitrogens with one attached hydrogen (secondary N) is 1. The van der Waals surface area contributed by atoms with Crippen LogP contribution in [0.25, 0.3) is 10.9 Å². The molecule has 1 N–H and O–H groups in total. The fourth-order valence-electron chi connectivity index (χ4n) is 3.69. The number of rotatable bonds is 8. The molecular formula is C21H30N4O5S. The fraction of sp³-hybridized carbons (Fsp3) is 0.524. The van der Waals surface area contributed by atoms with E-state index < -0.39 is 21.4 Å². The Morgan fingerprint density at radius 2 is 1.87 bits per heavy atom. The molecule has 1 amide bonds. The first kappa shape index (κ1) is 23.4. The van der Waals surface area contributed by atoms with E-state index in [1.807, 2.05) is 13.8 Å². The number of amides is 1. The third kappa shape index (κ3) is 4.98. The lowest BCUT2D eigenvalue weighted by Gasteiger charge is -2.26. The van der Waals surface area contributed by atoms with E-state index in [9.17, 15) is 18.0 Å². The van der Waals surface area contributed by atoms with Gasteiger partial charge in [-0.2, -0.15) is 4.31 Å². The maximum Gasteiger partial charge on any atom is 0.256 e. The molecule has 1 aromatic carbocycles. The third-order valence-electron chi connectivity index (χ3n) is 5.62. The number of hydrogen-bond acceptors (Lipinski definition) is 6. The second-order valence-corrected chi connectivity index (χ2v) is 9.40. The molecule has 1 aromatic heterocycles. The Hall–Kier alpha value is -2.27. The first-order chi connectivity index (χ1) is 14.8. The molecule has 1 saturated heterocycles. The highest BCUT2D eigenvalue weighted by Gasteiger charge is 2.27. The Kier molecular flexibility index (Phi) is 7.47. The summed E-state index contributed by atoms with van der Waals surface area (Å²) >= 11 is 0. The smallest absolute Gasteiger partial charge is 0.256 e. The van der Waals surface area contributed by atoms with Gasteiger partial charge in [0.25, 0.3) is 5.91 Å². The van der Waals surface area contributed by atoms with Crippen LogP contribution < -0.4 is 10.7 Å². The number of fused-ring (bicyclic) bond motifs is 1. The molecule has 0 unspecified atom stereocenters. The lowest BCUT2D eigenvalue weighted by Crippen LogP contribution is -2.40. The molecule has 2 heterocycles. The van der Waals surface area contributed by atoms with E-state index in [0.29, 0.717) is 31.8 Å². The number of aromatic nitrogens is 1. The average Bonchev–Trinajstić information content (AvgIpc) is 2.79. The van der Waals surface area contributed by atoms with Crippen molar-refractivity contribution < 1.29 is 17.9 Å². The van der Waals surface area contributed by atoms with Crippen molar-refractivity contribution in [2.24, 2.45) is 7.05 Å². The maximum absolute atomic E-state index is 13.1. The van der Waals surface area contributed by atoms with Gasteiger partial charge in [-0.25, -0.2) is 8.42 Å². The monoisotopic (exact) mass is 450 g/mol. The molecule has 0 atom stereocenters. The quantitative estimate of drug-likeness (QED) is 0.633. The predicted octanol–water partition coefficient (Wildman–Crippen LogP) is 0.631. The van der Waals surface area contributed by atoms with Gasteiger partial charge < -0.3 is 19.5 Å². The van der Waals surface area contributed by atoms with Gasteiger partial charge >= 0.3 is 0 Å². The van der Waals surface area contributed by atoms with Crippen molar-refractivity contribution in [3.8, 4) is 0 Å². The van der Waals surface area contributed by atoms with Crippen molar-refractivity contribution in [1.29, 1.82) is 0 Å². The Balaban J connectivity index is 1.92. The molecule has 10 heteroatoms. The van der Waals surface area contributed by atoms with E-state index in [1.165, 1.54) is 22.6 Å². The molecule has 0 radical (unpaired) electrons. The molecule has 31 heavy (non-hydrogen) atoms. The van der Waals surface area contributed by atoms with Crippen molar-refractivity contribution in [3.63, 3.8) is 0 Å². The Morgan fingerprint density at radius 1 is 1.19 bits per heavy atom. The van der Waals surface area contributed by atoms with Gasteiger partial charge in [-0.1, -0.05) is 13.8 Å². The zero-order valence-corrected chi connectivity index (χ0v) is 19.1. The summed E-state index contributed by atoms with van der Waals surface area (Å²) in [5.74, 6) is -0.462. The zero-order valence-electron chi connectivity index (χ0n) is 18.3. The summed E-state index contributed by atoms with van der Waals surface area (Å²) in [5.41, 5.74) is 0.0774. The Labute approximate surface area is 182 Å². The van der Waals surface area contributed by atoms with Crippen molar-refractivity contribution in [1.82, 2.24) is 19.1 Å². The van der Waals surface area contributed by atoms with Crippen LogP contribution in [0.2, 0.25) is 0 Å². The van der Waals surface area contributed by atoms with Crippen LogP contribution in [0.4, 0.5) is 0 Å². The van der Waals surface area contributed by atoms with Crippen LogP contribution >= 0.6 is 0 Å². The molecular weight excluding hydrogens is 420 g/mol. The number of morpholine rings is 1. The number of sulfonamides is 1. The highest BCUT2D eigenvalue weighted by molar-refractivity contribution is 7.89. The van der Waals surface area contributed by atoms with E-state index in [4.69, 9.17) is 4.74 Å². The summed E-state index contributed by atoms with van der Waals surface area (Å²) in [6.07, 6.45) is 1.49. The van der Waals surface area contributed by atoms with E-state index in [0.717, 1.165) is 13.1 Å². The number of carbonyl (C=O) groups excluding carboxylic acids is 1. The summed E-state index contributed by atoms with van der Waals surface area (Å²) in [7, 11) is -2.02. The molecule has 0 bridgehead atoms. The van der Waals surface area contributed by atoms with Gasteiger partial charge in [0.15, 0.2) is 0 Å². The maximum atomic E-state index is 13.1. The van der Waals surface area contributed by atoms with Crippen molar-refractivity contribution in [2.75, 3.05) is 52.5 Å². The van der Waals surface area contributed by atoms with Gasteiger partial charge in [0.05, 0.1) is 23.6 Å². The van der Waals surface area contributed by atoms with Crippen molar-refractivity contribution >= 4 is 26.8 Å². The van der Waals surface area contributed by atoms with E-state index in [-0.39, 0.29) is 28.9 Å². The van der Waals surface area contributed by atoms with E-state index in [2.05, 4.69) is 10.2 Å². The first-order valence-electron chi connectivity index (χ1n) is 10.5. The minimum absolute atomic E-state index is 0.00420. The summed E-state index contributed by atoms with van der Waals surface area (Å²) in [4.78, 5) is 27.9. The number of aryl methyl sites for hydroxylation is 1. The number of hydrogen-bond donors (Lipinski definition) is 1. The molecule has 2 aromatic rings. The summed E-state index contributed by atoms with van der Waals surface area (Å²) in [6.45, 7) is 8.19. The Morgan fingerprint density at radius 3 is 2.52 bits per heavy atom. The number of carbonyl (C=O) groups is 1. The molecule has 1 aliphatic rings. The second-order valence-electron chi connectivity index (χ2n) is 7.46. The SMILES string of the molecule is CCN(CC)CCNC(=O)c1cn(C)c2ccc(S(=O)(=O)N3CCOCC3)cc2c1=O. The minimum Gasteiger partial charge on any atom is -0.379 e. The van der Waals surface area contributed by atoms with Crippen LogP contribution in [0.5, 0.6) is 0 Å². The van der Waals surface area contributed by atoms with Crippen LogP contribution in [-0.4, -0.2) is 80.6 Å². The second kappa shape index (κ2) is 9.90. The first-order valence-corrected chi connectivity index (χ1v) is 12.0. The number of benzene rings is 1. The van der Waals surface area contributed by atoms with Crippen molar-refractivity contribution in [2.45, 2.75) is 18.7 Å². The summed E-state index contributed by atoms with van der Waals surface area (Å²) in [5, 5.41) is 3.00. The van der Waals surface area contributed by atoms with Crippen LogP contribution in [-0.2, 0) is 21.8 Å². The topological polar surface area (TPSA) is 101 Å². The number of pyridine rings is 1. The lowest BCUT2D eigenvalue weighted by atomic mass is 10.1. The molecule has 0 saturated carbocycles. The standard InChI is InChI=1S/C21H30N4O5S/c1-4-24(5-2)9-8-22-21(27)18-15-23(3)19-7-6-16(14-17(19)20(18)26)31(28,29)25-10-12-30-13-11-25/h6-7,14-15H,4-5,8-13H2,1-3H3,(H,22,27). The average molecular weight is 451 g/mol. The van der Waals surface area contributed by atoms with Gasteiger partial charge in [-0.15, -0.1) is 0 Å². The van der Waals surface area contributed by atoms with Gasteiger partial charge in [0.2, 0.25) is 15.5 Å². The van der Waals surface area contributed by atoms with Crippen LogP contribution in [0.3, 0.4) is 0 Å². The minimum atomic E-state index is -3.75. The highest BCUT2D eigenvalue weighted by Crippen LogP contribution is 2.21. The van der Waals surface area contributed by atoms with E-state index >= 15 is 0 Å². The van der Waals surface area contributed by atoms with E-state index in [1.54, 1.807) is 17.7 Å². The molecule has 170 valence electrons. The molecule has 9 nitrogen and oxygen atoms in total. The molecule has 0 aliphatic carbocycles. The van der Waals surface area contributed by atoms with Gasteiger partial charge in [-0.05, 0) is 31.3 Å². The van der Waals surface area contributed by atoms with Gasteiger partial charge in [0.1, 0.15) is 5.56 Å². The Bertz CT molecular complexity index is 1100. The summed E-state index contributed by atoms with van der Waals surface area (Å²) in [6, 6.07) is 4.47. The largest absolute Gasteiger partial charge is 0.379 e. The fourth-order valence-corrected chi connectivity index (χ4v) is 5.13. The molecule has 3 rings (SSSR count). The lowest BCUT2D eigenvalue weighted by molar-refractivity contribution is 0.0730. The van der Waals surface area contributed by atoms with Crippen LogP contribution in [0.1, 0.15) is 24.2 Å². The third-order valence-corrected chi connectivity index (χ3v) is 7.52.